The molecule has 0 bridgehead atoms. The van der Waals surface area contributed by atoms with Crippen molar-refractivity contribution in [3.63, 3.8) is 0 Å². The number of benzene rings is 1. The van der Waals surface area contributed by atoms with E-state index in [1.807, 2.05) is 0 Å². The minimum atomic E-state index is -0.647. The normalized spacial score (nSPS) is 17.4. The smallest absolute Gasteiger partial charge is 0.294 e. The van der Waals surface area contributed by atoms with Gasteiger partial charge in [-0.2, -0.15) is 0 Å². The van der Waals surface area contributed by atoms with E-state index in [-0.39, 0.29) is 21.8 Å². The maximum atomic E-state index is 13.4. The molecule has 1 aromatic rings. The number of anilines is 1. The van der Waals surface area contributed by atoms with Gasteiger partial charge in [0.1, 0.15) is 11.5 Å². The second-order valence-electron chi connectivity index (χ2n) is 5.41. The van der Waals surface area contributed by atoms with Crippen molar-refractivity contribution < 1.29 is 9.31 Å². The van der Waals surface area contributed by atoms with Gasteiger partial charge >= 0.3 is 0 Å². The lowest BCUT2D eigenvalue weighted by Gasteiger charge is -2.24. The van der Waals surface area contributed by atoms with Gasteiger partial charge in [-0.3, -0.25) is 10.1 Å². The number of nitro groups is 1. The highest BCUT2D eigenvalue weighted by Crippen LogP contribution is 2.38. The number of hydrogen-bond donors (Lipinski definition) is 1. The van der Waals surface area contributed by atoms with Crippen molar-refractivity contribution in [3.8, 4) is 0 Å². The lowest BCUT2D eigenvalue weighted by atomic mass is 9.89. The van der Waals surface area contributed by atoms with Crippen LogP contribution in [0.2, 0.25) is 5.02 Å². The minimum Gasteiger partial charge on any atom is -0.379 e. The molecule has 1 N–H and O–H groups in total. The standard InChI is InChI=1S/C13H16ClFN2O2/c1-13(4-2-3-5-13)8-16-11-7-10(15)9(14)6-12(11)17(18)19/h6-7,16H,2-5,8H2,1H3. The average molecular weight is 287 g/mol. The quantitative estimate of drug-likeness (QED) is 0.660. The van der Waals surface area contributed by atoms with Gasteiger partial charge < -0.3 is 5.32 Å². The van der Waals surface area contributed by atoms with E-state index >= 15 is 0 Å². The Morgan fingerprint density at radius 2 is 2.11 bits per heavy atom. The first-order chi connectivity index (χ1) is 8.91. The Hall–Kier alpha value is -1.36. The lowest BCUT2D eigenvalue weighted by molar-refractivity contribution is -0.384. The first kappa shape index (κ1) is 14.1. The first-order valence-corrected chi connectivity index (χ1v) is 6.66. The lowest BCUT2D eigenvalue weighted by Crippen LogP contribution is -2.23. The van der Waals surface area contributed by atoms with E-state index in [1.54, 1.807) is 0 Å². The summed E-state index contributed by atoms with van der Waals surface area (Å²) < 4.78 is 13.4. The van der Waals surface area contributed by atoms with E-state index in [0.29, 0.717) is 6.54 Å². The summed E-state index contributed by atoms with van der Waals surface area (Å²) in [6.45, 7) is 2.75. The zero-order valence-electron chi connectivity index (χ0n) is 10.7. The zero-order chi connectivity index (χ0) is 14.0. The molecular weight excluding hydrogens is 271 g/mol. The first-order valence-electron chi connectivity index (χ1n) is 6.29. The molecule has 0 aromatic heterocycles. The van der Waals surface area contributed by atoms with Crippen molar-refractivity contribution in [1.29, 1.82) is 0 Å². The van der Waals surface area contributed by atoms with Crippen LogP contribution in [0.15, 0.2) is 12.1 Å². The Balaban J connectivity index is 2.19. The Bertz CT molecular complexity index is 502. The summed E-state index contributed by atoms with van der Waals surface area (Å²) in [5, 5.41) is 13.7. The molecule has 2 rings (SSSR count). The van der Waals surface area contributed by atoms with Crippen LogP contribution in [0.1, 0.15) is 32.6 Å². The molecule has 1 aromatic carbocycles. The van der Waals surface area contributed by atoms with Gasteiger partial charge in [0.15, 0.2) is 0 Å². The highest BCUT2D eigenvalue weighted by atomic mass is 35.5. The highest BCUT2D eigenvalue weighted by molar-refractivity contribution is 6.31. The van der Waals surface area contributed by atoms with Crippen molar-refractivity contribution in [2.75, 3.05) is 11.9 Å². The van der Waals surface area contributed by atoms with Crippen LogP contribution in [0.4, 0.5) is 15.8 Å². The monoisotopic (exact) mass is 286 g/mol. The molecule has 0 heterocycles. The summed E-state index contributed by atoms with van der Waals surface area (Å²) >= 11 is 5.58. The minimum absolute atomic E-state index is 0.129. The van der Waals surface area contributed by atoms with Gasteiger partial charge in [0.05, 0.1) is 9.95 Å². The van der Waals surface area contributed by atoms with Crippen molar-refractivity contribution in [1.82, 2.24) is 0 Å². The van der Waals surface area contributed by atoms with E-state index in [4.69, 9.17) is 11.6 Å². The van der Waals surface area contributed by atoms with Crippen LogP contribution < -0.4 is 5.32 Å². The molecular formula is C13H16ClFN2O2. The van der Waals surface area contributed by atoms with Crippen LogP contribution >= 0.6 is 11.6 Å². The Morgan fingerprint density at radius 1 is 1.47 bits per heavy atom. The number of nitrogens with one attached hydrogen (secondary N) is 1. The van der Waals surface area contributed by atoms with Gasteiger partial charge in [0.25, 0.3) is 5.69 Å². The number of hydrogen-bond acceptors (Lipinski definition) is 3. The van der Waals surface area contributed by atoms with Crippen LogP contribution in [-0.4, -0.2) is 11.5 Å². The molecule has 19 heavy (non-hydrogen) atoms. The molecule has 0 aliphatic heterocycles. The Kier molecular flexibility index (Phi) is 3.94. The number of nitro benzene ring substituents is 1. The fourth-order valence-electron chi connectivity index (χ4n) is 2.54. The number of rotatable bonds is 4. The summed E-state index contributed by atoms with van der Waals surface area (Å²) in [4.78, 5) is 10.4. The topological polar surface area (TPSA) is 55.2 Å². The van der Waals surface area contributed by atoms with E-state index in [0.717, 1.165) is 25.0 Å². The Labute approximate surface area is 116 Å². The summed E-state index contributed by atoms with van der Waals surface area (Å²) in [7, 11) is 0. The zero-order valence-corrected chi connectivity index (χ0v) is 11.5. The highest BCUT2D eigenvalue weighted by Gasteiger charge is 2.29. The molecule has 0 amide bonds. The Morgan fingerprint density at radius 3 is 2.68 bits per heavy atom. The summed E-state index contributed by atoms with van der Waals surface area (Å²) in [6, 6.07) is 2.15. The second kappa shape index (κ2) is 5.33. The predicted octanol–water partition coefficient (Wildman–Crippen LogP) is 4.38. The molecule has 0 spiro atoms. The van der Waals surface area contributed by atoms with Crippen molar-refractivity contribution in [3.05, 3.63) is 33.1 Å². The third-order valence-corrected chi connectivity index (χ3v) is 4.04. The molecule has 0 radical (unpaired) electrons. The molecule has 1 saturated carbocycles. The number of nitrogens with zero attached hydrogens (tertiary/aromatic N) is 1. The molecule has 0 atom stereocenters. The van der Waals surface area contributed by atoms with Crippen LogP contribution in [0, 0.1) is 21.3 Å². The molecule has 0 saturated heterocycles. The average Bonchev–Trinajstić information content (AvgIpc) is 2.77. The molecule has 4 nitrogen and oxygen atoms in total. The SMILES string of the molecule is CC1(CNc2cc(F)c(Cl)cc2[N+](=O)[O-])CCCC1. The van der Waals surface area contributed by atoms with Crippen LogP contribution in [0.5, 0.6) is 0 Å². The van der Waals surface area contributed by atoms with Gasteiger partial charge in [0.2, 0.25) is 0 Å². The van der Waals surface area contributed by atoms with Crippen molar-refractivity contribution >= 4 is 23.0 Å². The molecule has 1 fully saturated rings. The van der Waals surface area contributed by atoms with E-state index < -0.39 is 10.7 Å². The van der Waals surface area contributed by atoms with Gasteiger partial charge in [-0.15, -0.1) is 0 Å². The third-order valence-electron chi connectivity index (χ3n) is 3.75. The van der Waals surface area contributed by atoms with Crippen LogP contribution in [0.3, 0.4) is 0 Å². The molecule has 104 valence electrons. The van der Waals surface area contributed by atoms with Gasteiger partial charge in [0, 0.05) is 18.7 Å². The van der Waals surface area contributed by atoms with Gasteiger partial charge in [-0.1, -0.05) is 31.4 Å². The van der Waals surface area contributed by atoms with Gasteiger partial charge in [-0.25, -0.2) is 4.39 Å². The second-order valence-corrected chi connectivity index (χ2v) is 5.82. The summed E-state index contributed by atoms with van der Waals surface area (Å²) in [5.41, 5.74) is 0.136. The van der Waals surface area contributed by atoms with E-state index in [1.165, 1.54) is 12.8 Å². The number of halogens is 2. The fourth-order valence-corrected chi connectivity index (χ4v) is 2.70. The van der Waals surface area contributed by atoms with Gasteiger partial charge in [-0.05, 0) is 18.3 Å². The summed E-state index contributed by atoms with van der Waals surface area (Å²) in [5.74, 6) is -0.647. The maximum absolute atomic E-state index is 13.4. The van der Waals surface area contributed by atoms with Crippen LogP contribution in [0.25, 0.3) is 0 Å². The maximum Gasteiger partial charge on any atom is 0.294 e. The fraction of sp³-hybridized carbons (Fsp3) is 0.538. The predicted molar refractivity (Wildman–Crippen MR) is 73.1 cm³/mol. The molecule has 1 aliphatic carbocycles. The van der Waals surface area contributed by atoms with E-state index in [9.17, 15) is 14.5 Å². The molecule has 0 unspecified atom stereocenters. The van der Waals surface area contributed by atoms with Crippen molar-refractivity contribution in [2.24, 2.45) is 5.41 Å². The molecule has 6 heteroatoms. The van der Waals surface area contributed by atoms with E-state index in [2.05, 4.69) is 12.2 Å². The third kappa shape index (κ3) is 3.15. The molecule has 1 aliphatic rings. The van der Waals surface area contributed by atoms with Crippen molar-refractivity contribution in [2.45, 2.75) is 32.6 Å². The van der Waals surface area contributed by atoms with Crippen LogP contribution in [-0.2, 0) is 0 Å². The largest absolute Gasteiger partial charge is 0.379 e. The summed E-state index contributed by atoms with van der Waals surface area (Å²) in [6.07, 6.45) is 4.53.